The van der Waals surface area contributed by atoms with E-state index >= 15 is 0 Å². The zero-order chi connectivity index (χ0) is 20.6. The van der Waals surface area contributed by atoms with Gasteiger partial charge in [0, 0.05) is 11.4 Å². The second-order valence-corrected chi connectivity index (χ2v) is 5.36. The number of hydrogen-bond acceptors (Lipinski definition) is 6. The van der Waals surface area contributed by atoms with E-state index in [9.17, 15) is 29.4 Å². The van der Waals surface area contributed by atoms with Gasteiger partial charge in [0.15, 0.2) is 22.8 Å². The van der Waals surface area contributed by atoms with Crippen LogP contribution in [0.5, 0.6) is 0 Å². The predicted molar refractivity (Wildman–Crippen MR) is 88.5 cm³/mol. The maximum atomic E-state index is 11.5. The first kappa shape index (κ1) is 18.3. The molecule has 3 aromatic rings. The van der Waals surface area contributed by atoms with Crippen LogP contribution in [0, 0.1) is 0 Å². The minimum absolute atomic E-state index is 0.164. The molecule has 4 N–H and O–H groups in total. The molecule has 142 valence electrons. The van der Waals surface area contributed by atoms with Crippen LogP contribution in [0.4, 0.5) is 0 Å². The second-order valence-electron chi connectivity index (χ2n) is 5.36. The van der Waals surface area contributed by atoms with Gasteiger partial charge < -0.3 is 20.4 Å². The van der Waals surface area contributed by atoms with Crippen LogP contribution < -0.4 is 0 Å². The van der Waals surface area contributed by atoms with Crippen molar-refractivity contribution in [3.05, 3.63) is 59.7 Å². The van der Waals surface area contributed by atoms with Crippen LogP contribution in [0.2, 0.25) is 0 Å². The molecular weight excluding hydrogens is 376 g/mol. The number of rotatable bonds is 6. The number of aromatic nitrogens is 4. The van der Waals surface area contributed by atoms with Crippen LogP contribution >= 0.6 is 0 Å². The topological polar surface area (TPSA) is 185 Å². The lowest BCUT2D eigenvalue weighted by atomic mass is 10.2. The first-order chi connectivity index (χ1) is 13.2. The van der Waals surface area contributed by atoms with Crippen LogP contribution in [0.15, 0.2) is 36.9 Å². The molecule has 1 aromatic carbocycles. The fraction of sp³-hybridized carbons (Fsp3) is 0. The third-order valence-electron chi connectivity index (χ3n) is 3.73. The number of carbonyl (C=O) groups is 4. The molecule has 0 radical (unpaired) electrons. The van der Waals surface area contributed by atoms with E-state index in [1.807, 2.05) is 0 Å². The van der Waals surface area contributed by atoms with Gasteiger partial charge in [-0.3, -0.25) is 9.13 Å². The van der Waals surface area contributed by atoms with Gasteiger partial charge >= 0.3 is 23.9 Å². The van der Waals surface area contributed by atoms with E-state index < -0.39 is 46.7 Å². The molecule has 28 heavy (non-hydrogen) atoms. The molecule has 0 aliphatic heterocycles. The average molecular weight is 386 g/mol. The van der Waals surface area contributed by atoms with E-state index in [0.29, 0.717) is 0 Å². The summed E-state index contributed by atoms with van der Waals surface area (Å²) in [5.41, 5.74) is -2.20. The third kappa shape index (κ3) is 2.94. The molecule has 0 saturated carbocycles. The minimum atomic E-state index is -1.53. The molecule has 3 rings (SSSR count). The van der Waals surface area contributed by atoms with Gasteiger partial charge in [0.25, 0.3) is 0 Å². The van der Waals surface area contributed by atoms with E-state index in [2.05, 4.69) is 9.97 Å². The summed E-state index contributed by atoms with van der Waals surface area (Å²) in [6.07, 6.45) is 2.00. The SMILES string of the molecule is O=C(O)c1ncn(-c2cccc(-n3cnc(C(=O)O)c3C(=O)O)c2)c1C(=O)O. The van der Waals surface area contributed by atoms with Crippen LogP contribution in [0.3, 0.4) is 0 Å². The highest BCUT2D eigenvalue weighted by atomic mass is 16.4. The molecule has 0 saturated heterocycles. The van der Waals surface area contributed by atoms with Gasteiger partial charge in [-0.05, 0) is 18.2 Å². The summed E-state index contributed by atoms with van der Waals surface area (Å²) in [4.78, 5) is 52.5. The van der Waals surface area contributed by atoms with Crippen molar-refractivity contribution in [1.29, 1.82) is 0 Å². The van der Waals surface area contributed by atoms with Crippen molar-refractivity contribution in [1.82, 2.24) is 19.1 Å². The van der Waals surface area contributed by atoms with Crippen LogP contribution in [0.25, 0.3) is 11.4 Å². The Balaban J connectivity index is 2.19. The minimum Gasteiger partial charge on any atom is -0.476 e. The smallest absolute Gasteiger partial charge is 0.357 e. The van der Waals surface area contributed by atoms with Crippen LogP contribution in [0.1, 0.15) is 42.0 Å². The number of benzene rings is 1. The maximum Gasteiger partial charge on any atom is 0.357 e. The van der Waals surface area contributed by atoms with E-state index in [1.54, 1.807) is 0 Å². The van der Waals surface area contributed by atoms with E-state index in [-0.39, 0.29) is 11.4 Å². The summed E-state index contributed by atoms with van der Waals surface area (Å²) in [5.74, 6) is -6.10. The van der Waals surface area contributed by atoms with Gasteiger partial charge in [-0.2, -0.15) is 0 Å². The lowest BCUT2D eigenvalue weighted by Crippen LogP contribution is -2.13. The van der Waals surface area contributed by atoms with E-state index in [4.69, 9.17) is 10.2 Å². The summed E-state index contributed by atoms with van der Waals surface area (Å²) < 4.78 is 2.01. The first-order valence-electron chi connectivity index (χ1n) is 7.41. The van der Waals surface area contributed by atoms with Crippen molar-refractivity contribution in [3.63, 3.8) is 0 Å². The third-order valence-corrected chi connectivity index (χ3v) is 3.73. The van der Waals surface area contributed by atoms with Gasteiger partial charge in [0.2, 0.25) is 0 Å². The molecule has 0 spiro atoms. The average Bonchev–Trinajstić information content (AvgIpc) is 3.26. The quantitative estimate of drug-likeness (QED) is 0.473. The van der Waals surface area contributed by atoms with Crippen molar-refractivity contribution >= 4 is 23.9 Å². The number of aromatic carboxylic acids is 4. The lowest BCUT2D eigenvalue weighted by molar-refractivity contribution is 0.0642. The van der Waals surface area contributed by atoms with Gasteiger partial charge in [-0.25, -0.2) is 29.1 Å². The monoisotopic (exact) mass is 386 g/mol. The first-order valence-corrected chi connectivity index (χ1v) is 7.41. The van der Waals surface area contributed by atoms with Gasteiger partial charge in [0.05, 0.1) is 0 Å². The molecule has 12 heteroatoms. The molecule has 0 unspecified atom stereocenters. The summed E-state index contributed by atoms with van der Waals surface area (Å²) in [6.45, 7) is 0. The van der Waals surface area contributed by atoms with Crippen LogP contribution in [-0.2, 0) is 0 Å². The highest BCUT2D eigenvalue weighted by molar-refractivity contribution is 6.00. The molecule has 0 amide bonds. The molecule has 0 bridgehead atoms. The van der Waals surface area contributed by atoms with Crippen molar-refractivity contribution in [3.8, 4) is 11.4 Å². The fourth-order valence-corrected chi connectivity index (χ4v) is 2.60. The van der Waals surface area contributed by atoms with Gasteiger partial charge in [-0.15, -0.1) is 0 Å². The summed E-state index contributed by atoms with van der Waals surface area (Å²) >= 11 is 0. The highest BCUT2D eigenvalue weighted by Gasteiger charge is 2.26. The summed E-state index contributed by atoms with van der Waals surface area (Å²) in [5, 5.41) is 36.8. The molecule has 12 nitrogen and oxygen atoms in total. The number of nitrogens with zero attached hydrogens (tertiary/aromatic N) is 4. The highest BCUT2D eigenvalue weighted by Crippen LogP contribution is 2.21. The second kappa shape index (κ2) is 6.68. The van der Waals surface area contributed by atoms with Gasteiger partial charge in [-0.1, -0.05) is 6.07 Å². The van der Waals surface area contributed by atoms with Crippen LogP contribution in [-0.4, -0.2) is 63.4 Å². The largest absolute Gasteiger partial charge is 0.476 e. The Kier molecular flexibility index (Phi) is 4.37. The van der Waals surface area contributed by atoms with Gasteiger partial charge in [0.1, 0.15) is 12.7 Å². The Labute approximate surface area is 154 Å². The van der Waals surface area contributed by atoms with Crippen molar-refractivity contribution < 1.29 is 39.6 Å². The lowest BCUT2D eigenvalue weighted by Gasteiger charge is -2.10. The Morgan fingerprint density at radius 2 is 1.07 bits per heavy atom. The van der Waals surface area contributed by atoms with Crippen molar-refractivity contribution in [2.24, 2.45) is 0 Å². The molecule has 2 aromatic heterocycles. The molecule has 0 atom stereocenters. The number of hydrogen-bond donors (Lipinski definition) is 4. The Morgan fingerprint density at radius 3 is 1.39 bits per heavy atom. The Hall–Kier alpha value is -4.48. The van der Waals surface area contributed by atoms with E-state index in [1.165, 1.54) is 24.3 Å². The normalized spacial score (nSPS) is 10.6. The number of carboxylic acids is 4. The Bertz CT molecular complexity index is 1060. The number of carboxylic acid groups (broad SMARTS) is 4. The Morgan fingerprint density at radius 1 is 0.679 bits per heavy atom. The maximum absolute atomic E-state index is 11.5. The summed E-state index contributed by atoms with van der Waals surface area (Å²) in [6, 6.07) is 5.67. The zero-order valence-corrected chi connectivity index (χ0v) is 13.7. The predicted octanol–water partition coefficient (Wildman–Crippen LogP) is 0.851. The van der Waals surface area contributed by atoms with Crippen molar-refractivity contribution in [2.45, 2.75) is 0 Å². The standard InChI is InChI=1S/C16H10N4O8/c21-13(22)9-11(15(25)26)19(5-17-9)7-2-1-3-8(4-7)20-6-18-10(14(23)24)12(20)16(27)28/h1-6H,(H,21,22)(H,23,24)(H,25,26)(H,27,28). The fourth-order valence-electron chi connectivity index (χ4n) is 2.60. The molecule has 0 fully saturated rings. The summed E-state index contributed by atoms with van der Waals surface area (Å²) in [7, 11) is 0. The molecule has 0 aliphatic rings. The molecule has 2 heterocycles. The molecule has 0 aliphatic carbocycles. The van der Waals surface area contributed by atoms with E-state index in [0.717, 1.165) is 21.8 Å². The molecular formula is C16H10N4O8. The number of imidazole rings is 2. The zero-order valence-electron chi connectivity index (χ0n) is 13.7. The van der Waals surface area contributed by atoms with Crippen molar-refractivity contribution in [2.75, 3.05) is 0 Å².